The highest BCUT2D eigenvalue weighted by atomic mass is 32.1. The summed E-state index contributed by atoms with van der Waals surface area (Å²) in [6, 6.07) is 7.43. The molecule has 1 amide bonds. The molecule has 1 atom stereocenters. The SMILES string of the molecule is Cc1nc(C(=O)N2CCOC3(CCN(CCc4ccc(N(C)C[C@H](O)c5ccc(O)c6[nH]c(=O)sc56)s4)CC3)C2)cs1. The Morgan fingerprint density at radius 2 is 2.02 bits per heavy atom. The van der Waals surface area contributed by atoms with E-state index >= 15 is 0 Å². The summed E-state index contributed by atoms with van der Waals surface area (Å²) in [7, 11) is 1.95. The Balaban J connectivity index is 0.996. The maximum atomic E-state index is 13.0. The van der Waals surface area contributed by atoms with Crippen molar-refractivity contribution in [1.82, 2.24) is 19.8 Å². The smallest absolute Gasteiger partial charge is 0.305 e. The number of amides is 1. The molecule has 1 spiro atoms. The molecule has 13 heteroatoms. The standard InChI is InChI=1S/C29H35N5O5S3/c1-18-30-21(16-40-18)27(37)34-13-14-39-29(17-34)8-11-33(12-9-29)10-7-19-3-6-24(41-19)32(2)15-23(36)20-4-5-22(35)25-26(20)42-28(38)31-25/h3-6,16,23,35-36H,7-15,17H2,1-2H3,(H,31,38)/t23-/m0/s1. The Morgan fingerprint density at radius 1 is 1.21 bits per heavy atom. The third-order valence-corrected chi connectivity index (χ3v) is 11.2. The van der Waals surface area contributed by atoms with E-state index in [0.717, 1.165) is 60.2 Å². The average Bonchev–Trinajstić information content (AvgIpc) is 3.73. The molecule has 3 N–H and O–H groups in total. The number of carbonyl (C=O) groups excluding carboxylic acids is 1. The number of benzene rings is 1. The number of fused-ring (bicyclic) bond motifs is 1. The van der Waals surface area contributed by atoms with Gasteiger partial charge in [-0.1, -0.05) is 17.4 Å². The molecule has 10 nitrogen and oxygen atoms in total. The molecule has 2 saturated heterocycles. The highest BCUT2D eigenvalue weighted by molar-refractivity contribution is 7.16. The van der Waals surface area contributed by atoms with Gasteiger partial charge in [-0.2, -0.15) is 0 Å². The lowest BCUT2D eigenvalue weighted by Crippen LogP contribution is -2.58. The van der Waals surface area contributed by atoms with E-state index in [2.05, 4.69) is 27.0 Å². The maximum Gasteiger partial charge on any atom is 0.305 e. The average molecular weight is 630 g/mol. The number of ether oxygens (including phenoxy) is 1. The van der Waals surface area contributed by atoms with E-state index in [0.29, 0.717) is 47.7 Å². The second-order valence-electron chi connectivity index (χ2n) is 11.1. The van der Waals surface area contributed by atoms with Crippen molar-refractivity contribution >= 4 is 55.1 Å². The van der Waals surface area contributed by atoms with Crippen LogP contribution in [0, 0.1) is 6.92 Å². The fourth-order valence-corrected chi connectivity index (χ4v) is 8.32. The summed E-state index contributed by atoms with van der Waals surface area (Å²) in [5, 5.41) is 24.8. The molecule has 3 aromatic heterocycles. The fraction of sp³-hybridized carbons (Fsp3) is 0.483. The summed E-state index contributed by atoms with van der Waals surface area (Å²) in [6.45, 7) is 6.93. The first-order valence-corrected chi connectivity index (χ1v) is 16.6. The van der Waals surface area contributed by atoms with Crippen LogP contribution in [0.15, 0.2) is 34.4 Å². The number of aliphatic hydroxyl groups is 1. The topological polar surface area (TPSA) is 122 Å². The van der Waals surface area contributed by atoms with Crippen molar-refractivity contribution in [2.45, 2.75) is 37.9 Å². The Kier molecular flexibility index (Phi) is 8.40. The van der Waals surface area contributed by atoms with Crippen LogP contribution in [0.1, 0.15) is 44.9 Å². The van der Waals surface area contributed by atoms with Gasteiger partial charge in [0.2, 0.25) is 0 Å². The number of thiazole rings is 2. The van der Waals surface area contributed by atoms with Crippen molar-refractivity contribution in [3.05, 3.63) is 60.5 Å². The Labute approximate surface area is 255 Å². The summed E-state index contributed by atoms with van der Waals surface area (Å²) in [4.78, 5) is 39.3. The molecular weight excluding hydrogens is 595 g/mol. The van der Waals surface area contributed by atoms with Crippen LogP contribution in [-0.4, -0.2) is 94.4 Å². The van der Waals surface area contributed by atoms with Gasteiger partial charge in [0.1, 0.15) is 17.0 Å². The van der Waals surface area contributed by atoms with Crippen LogP contribution in [0.5, 0.6) is 5.75 Å². The predicted molar refractivity (Wildman–Crippen MR) is 167 cm³/mol. The number of nitrogens with zero attached hydrogens (tertiary/aromatic N) is 4. The zero-order chi connectivity index (χ0) is 29.4. The third-order valence-electron chi connectivity index (χ3n) is 8.23. The lowest BCUT2D eigenvalue weighted by atomic mass is 9.89. The number of thiophene rings is 1. The number of morpholine rings is 1. The molecule has 4 aromatic rings. The number of nitrogens with one attached hydrogen (secondary N) is 1. The van der Waals surface area contributed by atoms with Gasteiger partial charge in [-0.05, 0) is 44.4 Å². The zero-order valence-corrected chi connectivity index (χ0v) is 26.1. The number of aromatic hydroxyl groups is 1. The second-order valence-corrected chi connectivity index (χ2v) is 14.3. The van der Waals surface area contributed by atoms with Crippen LogP contribution in [0.2, 0.25) is 0 Å². The molecule has 2 aliphatic heterocycles. The van der Waals surface area contributed by atoms with Crippen LogP contribution in [0.25, 0.3) is 10.2 Å². The number of hydrogen-bond acceptors (Lipinski definition) is 11. The van der Waals surface area contributed by atoms with Gasteiger partial charge in [-0.25, -0.2) is 4.98 Å². The van der Waals surface area contributed by atoms with Gasteiger partial charge in [0, 0.05) is 55.6 Å². The van der Waals surface area contributed by atoms with Crippen LogP contribution in [0.3, 0.4) is 0 Å². The van der Waals surface area contributed by atoms with Crippen molar-refractivity contribution in [2.24, 2.45) is 0 Å². The number of carbonyl (C=O) groups is 1. The monoisotopic (exact) mass is 629 g/mol. The van der Waals surface area contributed by atoms with E-state index in [1.54, 1.807) is 17.4 Å². The van der Waals surface area contributed by atoms with Gasteiger partial charge in [-0.3, -0.25) is 9.59 Å². The lowest BCUT2D eigenvalue weighted by molar-refractivity contribution is -0.127. The molecule has 0 radical (unpaired) electrons. The molecule has 2 aliphatic rings. The number of piperidine rings is 1. The highest BCUT2D eigenvalue weighted by Gasteiger charge is 2.41. The van der Waals surface area contributed by atoms with Gasteiger partial charge in [0.05, 0.1) is 39.6 Å². The van der Waals surface area contributed by atoms with Crippen molar-refractivity contribution in [3.63, 3.8) is 0 Å². The summed E-state index contributed by atoms with van der Waals surface area (Å²) < 4.78 is 6.86. The first kappa shape index (κ1) is 29.3. The van der Waals surface area contributed by atoms with Crippen LogP contribution < -0.4 is 9.77 Å². The maximum absolute atomic E-state index is 13.0. The number of likely N-dealkylation sites (N-methyl/N-ethyl adjacent to an activating group) is 1. The number of phenolic OH excluding ortho intramolecular Hbond substituents is 1. The third kappa shape index (κ3) is 6.12. The molecule has 1 aromatic carbocycles. The predicted octanol–water partition coefficient (Wildman–Crippen LogP) is 3.84. The summed E-state index contributed by atoms with van der Waals surface area (Å²) >= 11 is 4.23. The summed E-state index contributed by atoms with van der Waals surface area (Å²) in [5.41, 5.74) is 1.27. The Morgan fingerprint density at radius 3 is 2.79 bits per heavy atom. The molecule has 0 aliphatic carbocycles. The fourth-order valence-electron chi connectivity index (χ4n) is 5.85. The lowest BCUT2D eigenvalue weighted by Gasteiger charge is -2.47. The molecule has 0 bridgehead atoms. The van der Waals surface area contributed by atoms with E-state index in [1.807, 2.05) is 29.2 Å². The number of aromatic nitrogens is 2. The number of aliphatic hydroxyl groups excluding tert-OH is 1. The van der Waals surface area contributed by atoms with E-state index in [-0.39, 0.29) is 22.1 Å². The number of H-pyrrole nitrogens is 1. The van der Waals surface area contributed by atoms with Crippen molar-refractivity contribution < 1.29 is 19.7 Å². The van der Waals surface area contributed by atoms with E-state index in [9.17, 15) is 19.8 Å². The number of anilines is 1. The van der Waals surface area contributed by atoms with Crippen LogP contribution >= 0.6 is 34.0 Å². The number of aryl methyl sites for hydroxylation is 1. The zero-order valence-electron chi connectivity index (χ0n) is 23.7. The first-order valence-electron chi connectivity index (χ1n) is 14.1. The molecule has 0 unspecified atom stereocenters. The van der Waals surface area contributed by atoms with E-state index < -0.39 is 6.10 Å². The highest BCUT2D eigenvalue weighted by Crippen LogP contribution is 2.34. The van der Waals surface area contributed by atoms with Gasteiger partial charge in [0.25, 0.3) is 5.91 Å². The number of hydrogen-bond donors (Lipinski definition) is 3. The normalized spacial score (nSPS) is 18.1. The van der Waals surface area contributed by atoms with Crippen molar-refractivity contribution in [3.8, 4) is 5.75 Å². The Bertz CT molecular complexity index is 1620. The molecule has 2 fully saturated rings. The second kappa shape index (κ2) is 12.1. The van der Waals surface area contributed by atoms with Crippen LogP contribution in [0.4, 0.5) is 5.00 Å². The Hall–Kier alpha value is -2.81. The molecule has 42 heavy (non-hydrogen) atoms. The molecule has 5 heterocycles. The van der Waals surface area contributed by atoms with Gasteiger partial charge >= 0.3 is 4.87 Å². The molecule has 0 saturated carbocycles. The van der Waals surface area contributed by atoms with Crippen LogP contribution in [-0.2, 0) is 11.2 Å². The van der Waals surface area contributed by atoms with Gasteiger partial charge in [0.15, 0.2) is 0 Å². The first-order chi connectivity index (χ1) is 20.2. The van der Waals surface area contributed by atoms with Gasteiger partial charge < -0.3 is 34.6 Å². The van der Waals surface area contributed by atoms with E-state index in [1.165, 1.54) is 22.3 Å². The molecular formula is C29H35N5O5S3. The van der Waals surface area contributed by atoms with E-state index in [4.69, 9.17) is 4.74 Å². The number of aromatic amines is 1. The number of phenols is 1. The van der Waals surface area contributed by atoms with Crippen molar-refractivity contribution in [1.29, 1.82) is 0 Å². The quantitative estimate of drug-likeness (QED) is 0.269. The number of likely N-dealkylation sites (tertiary alicyclic amines) is 1. The number of rotatable bonds is 8. The minimum Gasteiger partial charge on any atom is -0.506 e. The summed E-state index contributed by atoms with van der Waals surface area (Å²) in [6.07, 6.45) is 1.95. The summed E-state index contributed by atoms with van der Waals surface area (Å²) in [5.74, 6) is 0.0120. The molecule has 6 rings (SSSR count). The van der Waals surface area contributed by atoms with Gasteiger partial charge in [-0.15, -0.1) is 22.7 Å². The minimum atomic E-state index is -0.811. The largest absolute Gasteiger partial charge is 0.506 e. The molecule has 224 valence electrons. The minimum absolute atomic E-state index is 0.00416. The van der Waals surface area contributed by atoms with Crippen molar-refractivity contribution in [2.75, 3.05) is 57.8 Å².